The molecule has 1 aromatic carbocycles. The molecule has 1 aromatic rings. The van der Waals surface area contributed by atoms with Crippen LogP contribution in [0, 0.1) is 0 Å². The van der Waals surface area contributed by atoms with Crippen molar-refractivity contribution in [3.05, 3.63) is 24.3 Å². The first kappa shape index (κ1) is 18.1. The van der Waals surface area contributed by atoms with E-state index in [0.29, 0.717) is 25.4 Å². The van der Waals surface area contributed by atoms with Crippen molar-refractivity contribution in [3.63, 3.8) is 0 Å². The highest BCUT2D eigenvalue weighted by Gasteiger charge is 2.30. The Morgan fingerprint density at radius 2 is 1.86 bits per heavy atom. The molecule has 0 heterocycles. The summed E-state index contributed by atoms with van der Waals surface area (Å²) in [5.74, 6) is -0.339. The topological polar surface area (TPSA) is 59.6 Å². The maximum Gasteiger partial charge on any atom is 0.573 e. The minimum Gasteiger partial charge on any atom is -0.406 e. The van der Waals surface area contributed by atoms with Crippen molar-refractivity contribution in [1.82, 2.24) is 5.32 Å². The third kappa shape index (κ3) is 8.35. The molecule has 22 heavy (non-hydrogen) atoms. The quantitative estimate of drug-likeness (QED) is 0.721. The van der Waals surface area contributed by atoms with Gasteiger partial charge in [-0.25, -0.2) is 4.79 Å². The maximum atomic E-state index is 12.0. The lowest BCUT2D eigenvalue weighted by atomic mass is 10.3. The zero-order valence-electron chi connectivity index (χ0n) is 12.2. The van der Waals surface area contributed by atoms with E-state index in [0.717, 1.165) is 25.0 Å². The van der Waals surface area contributed by atoms with E-state index in [2.05, 4.69) is 15.4 Å². The van der Waals surface area contributed by atoms with Crippen molar-refractivity contribution in [1.29, 1.82) is 0 Å². The molecule has 0 fully saturated rings. The molecule has 0 saturated carbocycles. The van der Waals surface area contributed by atoms with Crippen LogP contribution in [0.1, 0.15) is 19.8 Å². The van der Waals surface area contributed by atoms with E-state index in [1.54, 1.807) is 0 Å². The molecule has 2 N–H and O–H groups in total. The molecule has 2 amide bonds. The minimum absolute atomic E-state index is 0.339. The summed E-state index contributed by atoms with van der Waals surface area (Å²) in [6.45, 7) is 3.73. The first-order chi connectivity index (χ1) is 10.4. The highest BCUT2D eigenvalue weighted by molar-refractivity contribution is 5.89. The Hall–Kier alpha value is -1.96. The molecular formula is C14H19F3N2O3. The lowest BCUT2D eigenvalue weighted by Crippen LogP contribution is -2.29. The number of anilines is 1. The molecule has 0 spiro atoms. The molecule has 0 saturated heterocycles. The van der Waals surface area contributed by atoms with Crippen LogP contribution >= 0.6 is 0 Å². The van der Waals surface area contributed by atoms with Gasteiger partial charge >= 0.3 is 12.4 Å². The molecule has 0 aliphatic carbocycles. The maximum absolute atomic E-state index is 12.0. The molecule has 0 aromatic heterocycles. The Bertz CT molecular complexity index is 450. The van der Waals surface area contributed by atoms with Crippen LogP contribution < -0.4 is 15.4 Å². The number of alkyl halides is 3. The van der Waals surface area contributed by atoms with Gasteiger partial charge in [0.15, 0.2) is 0 Å². The van der Waals surface area contributed by atoms with Crippen molar-refractivity contribution in [2.24, 2.45) is 0 Å². The number of carbonyl (C=O) groups is 1. The van der Waals surface area contributed by atoms with Crippen LogP contribution in [0.3, 0.4) is 0 Å². The molecule has 0 aliphatic rings. The van der Waals surface area contributed by atoms with E-state index in [4.69, 9.17) is 4.74 Å². The van der Waals surface area contributed by atoms with Crippen molar-refractivity contribution < 1.29 is 27.4 Å². The monoisotopic (exact) mass is 320 g/mol. The smallest absolute Gasteiger partial charge is 0.406 e. The zero-order valence-corrected chi connectivity index (χ0v) is 12.2. The summed E-state index contributed by atoms with van der Waals surface area (Å²) in [6.07, 6.45) is -3.10. The summed E-state index contributed by atoms with van der Waals surface area (Å²) < 4.78 is 44.9. The van der Waals surface area contributed by atoms with Crippen LogP contribution in [0.25, 0.3) is 0 Å². The summed E-state index contributed by atoms with van der Waals surface area (Å²) in [5, 5.41) is 5.16. The number of hydrogen-bond acceptors (Lipinski definition) is 3. The first-order valence-electron chi connectivity index (χ1n) is 6.89. The van der Waals surface area contributed by atoms with Gasteiger partial charge in [-0.05, 0) is 44.0 Å². The average molecular weight is 320 g/mol. The largest absolute Gasteiger partial charge is 0.573 e. The summed E-state index contributed by atoms with van der Waals surface area (Å²) in [5.41, 5.74) is 0.376. The number of urea groups is 1. The van der Waals surface area contributed by atoms with Crippen LogP contribution in [0.4, 0.5) is 23.7 Å². The molecule has 5 nitrogen and oxygen atoms in total. The lowest BCUT2D eigenvalue weighted by Gasteiger charge is -2.10. The van der Waals surface area contributed by atoms with Crippen LogP contribution in [0.15, 0.2) is 24.3 Å². The van der Waals surface area contributed by atoms with Crippen LogP contribution in [0.5, 0.6) is 5.75 Å². The number of ether oxygens (including phenoxy) is 2. The summed E-state index contributed by atoms with van der Waals surface area (Å²) in [4.78, 5) is 11.6. The highest BCUT2D eigenvalue weighted by atomic mass is 19.4. The Morgan fingerprint density at radius 1 is 1.18 bits per heavy atom. The Balaban J connectivity index is 2.27. The number of unbranched alkanes of at least 4 members (excludes halogenated alkanes) is 1. The van der Waals surface area contributed by atoms with Crippen molar-refractivity contribution in [3.8, 4) is 5.75 Å². The lowest BCUT2D eigenvalue weighted by molar-refractivity contribution is -0.274. The molecule has 8 heteroatoms. The second-order valence-corrected chi connectivity index (χ2v) is 4.36. The van der Waals surface area contributed by atoms with Gasteiger partial charge in [0, 0.05) is 25.4 Å². The number of halogens is 3. The van der Waals surface area contributed by atoms with Gasteiger partial charge in [-0.3, -0.25) is 0 Å². The molecule has 0 bridgehead atoms. The fraction of sp³-hybridized carbons (Fsp3) is 0.500. The molecule has 0 unspecified atom stereocenters. The van der Waals surface area contributed by atoms with Gasteiger partial charge in [0.1, 0.15) is 5.75 Å². The zero-order chi connectivity index (χ0) is 16.4. The predicted molar refractivity (Wildman–Crippen MR) is 75.9 cm³/mol. The molecule has 0 radical (unpaired) electrons. The van der Waals surface area contributed by atoms with Crippen LogP contribution in [-0.2, 0) is 4.74 Å². The summed E-state index contributed by atoms with van der Waals surface area (Å²) in [6, 6.07) is 4.50. The molecule has 0 atom stereocenters. The van der Waals surface area contributed by atoms with Crippen molar-refractivity contribution in [2.75, 3.05) is 25.1 Å². The van der Waals surface area contributed by atoms with Crippen LogP contribution in [-0.4, -0.2) is 32.2 Å². The SMILES string of the molecule is CCOCCCCNC(=O)Nc1ccc(OC(F)(F)F)cc1. The van der Waals surface area contributed by atoms with E-state index >= 15 is 0 Å². The second kappa shape index (κ2) is 9.14. The third-order valence-corrected chi connectivity index (χ3v) is 2.55. The predicted octanol–water partition coefficient (Wildman–Crippen LogP) is 3.52. The third-order valence-electron chi connectivity index (χ3n) is 2.55. The van der Waals surface area contributed by atoms with Gasteiger partial charge in [0.2, 0.25) is 0 Å². The molecule has 0 aliphatic heterocycles. The number of benzene rings is 1. The van der Waals surface area contributed by atoms with E-state index in [1.807, 2.05) is 6.92 Å². The van der Waals surface area contributed by atoms with Gasteiger partial charge < -0.3 is 20.1 Å². The molecule has 124 valence electrons. The van der Waals surface area contributed by atoms with Gasteiger partial charge in [0.05, 0.1) is 0 Å². The van der Waals surface area contributed by atoms with Crippen LogP contribution in [0.2, 0.25) is 0 Å². The fourth-order valence-electron chi connectivity index (χ4n) is 1.59. The first-order valence-corrected chi connectivity index (χ1v) is 6.89. The van der Waals surface area contributed by atoms with Gasteiger partial charge in [0.25, 0.3) is 0 Å². The van der Waals surface area contributed by atoms with Crippen molar-refractivity contribution in [2.45, 2.75) is 26.1 Å². The van der Waals surface area contributed by atoms with Gasteiger partial charge in [-0.2, -0.15) is 0 Å². The van der Waals surface area contributed by atoms with E-state index < -0.39 is 12.4 Å². The summed E-state index contributed by atoms with van der Waals surface area (Å²) >= 11 is 0. The van der Waals surface area contributed by atoms with E-state index in [-0.39, 0.29) is 5.75 Å². The highest BCUT2D eigenvalue weighted by Crippen LogP contribution is 2.23. The Morgan fingerprint density at radius 3 is 2.45 bits per heavy atom. The number of carbonyl (C=O) groups excluding carboxylic acids is 1. The Labute approximate surface area is 126 Å². The Kier molecular flexibility index (Phi) is 7.51. The van der Waals surface area contributed by atoms with Crippen molar-refractivity contribution >= 4 is 11.7 Å². The van der Waals surface area contributed by atoms with Gasteiger partial charge in [-0.1, -0.05) is 0 Å². The average Bonchev–Trinajstić information content (AvgIpc) is 2.43. The van der Waals surface area contributed by atoms with E-state index in [1.165, 1.54) is 12.1 Å². The molecule has 1 rings (SSSR count). The second-order valence-electron chi connectivity index (χ2n) is 4.36. The number of rotatable bonds is 8. The number of hydrogen-bond donors (Lipinski definition) is 2. The number of nitrogens with one attached hydrogen (secondary N) is 2. The minimum atomic E-state index is -4.73. The number of amides is 2. The van der Waals surface area contributed by atoms with Gasteiger partial charge in [-0.15, -0.1) is 13.2 Å². The summed E-state index contributed by atoms with van der Waals surface area (Å²) in [7, 11) is 0. The molecular weight excluding hydrogens is 301 g/mol. The van der Waals surface area contributed by atoms with E-state index in [9.17, 15) is 18.0 Å². The normalized spacial score (nSPS) is 11.1. The fourth-order valence-corrected chi connectivity index (χ4v) is 1.59. The standard InChI is InChI=1S/C14H19F3N2O3/c1-2-21-10-4-3-9-18-13(20)19-11-5-7-12(8-6-11)22-14(15,16)17/h5-8H,2-4,9-10H2,1H3,(H2,18,19,20).